The highest BCUT2D eigenvalue weighted by atomic mass is 16.2. The average Bonchev–Trinajstić information content (AvgIpc) is 3.18. The third kappa shape index (κ3) is 4.34. The lowest BCUT2D eigenvalue weighted by atomic mass is 9.94. The van der Waals surface area contributed by atoms with E-state index in [2.05, 4.69) is 65.2 Å². The van der Waals surface area contributed by atoms with Crippen LogP contribution in [0, 0.1) is 11.3 Å². The SMILES string of the molecule is N#C[C@@H]1CCCN1C(=O)CNCCNC1c2ccccc2CCc2ccccc21. The minimum absolute atomic E-state index is 0.0270. The molecule has 5 heteroatoms. The molecule has 5 nitrogen and oxygen atoms in total. The maximum absolute atomic E-state index is 12.3. The lowest BCUT2D eigenvalue weighted by Crippen LogP contribution is -2.42. The Hall–Kier alpha value is -2.68. The van der Waals surface area contributed by atoms with Crippen LogP contribution in [0.3, 0.4) is 0 Å². The predicted molar refractivity (Wildman–Crippen MR) is 113 cm³/mol. The Morgan fingerprint density at radius 2 is 1.69 bits per heavy atom. The molecule has 0 bridgehead atoms. The van der Waals surface area contributed by atoms with E-state index in [0.29, 0.717) is 13.1 Å². The van der Waals surface area contributed by atoms with Crippen molar-refractivity contribution >= 4 is 5.91 Å². The summed E-state index contributed by atoms with van der Waals surface area (Å²) in [6.07, 6.45) is 3.85. The first-order valence-electron chi connectivity index (χ1n) is 10.6. The highest BCUT2D eigenvalue weighted by Crippen LogP contribution is 2.32. The van der Waals surface area contributed by atoms with Gasteiger partial charge in [0.1, 0.15) is 6.04 Å². The van der Waals surface area contributed by atoms with E-state index < -0.39 is 0 Å². The van der Waals surface area contributed by atoms with Gasteiger partial charge in [-0.3, -0.25) is 4.79 Å². The minimum Gasteiger partial charge on any atom is -0.326 e. The van der Waals surface area contributed by atoms with Crippen molar-refractivity contribution in [3.05, 3.63) is 70.8 Å². The molecule has 1 fully saturated rings. The van der Waals surface area contributed by atoms with Gasteiger partial charge in [0.25, 0.3) is 0 Å². The van der Waals surface area contributed by atoms with Crippen molar-refractivity contribution in [1.82, 2.24) is 15.5 Å². The predicted octanol–water partition coefficient (Wildman–Crippen LogP) is 2.57. The number of hydrogen-bond donors (Lipinski definition) is 2. The maximum atomic E-state index is 12.3. The number of nitrogens with zero attached hydrogens (tertiary/aromatic N) is 2. The molecule has 2 aromatic rings. The zero-order chi connectivity index (χ0) is 20.1. The van der Waals surface area contributed by atoms with Gasteiger partial charge < -0.3 is 15.5 Å². The van der Waals surface area contributed by atoms with E-state index >= 15 is 0 Å². The van der Waals surface area contributed by atoms with Crippen LogP contribution in [0.1, 0.15) is 41.1 Å². The molecule has 4 rings (SSSR count). The molecule has 1 heterocycles. The molecule has 1 atom stereocenters. The number of nitrogens with one attached hydrogen (secondary N) is 2. The summed E-state index contributed by atoms with van der Waals surface area (Å²) in [4.78, 5) is 14.1. The summed E-state index contributed by atoms with van der Waals surface area (Å²) in [6.45, 7) is 2.46. The fourth-order valence-corrected chi connectivity index (χ4v) is 4.54. The Morgan fingerprint density at radius 3 is 2.34 bits per heavy atom. The third-order valence-corrected chi connectivity index (χ3v) is 6.04. The van der Waals surface area contributed by atoms with Gasteiger partial charge >= 0.3 is 0 Å². The zero-order valence-electron chi connectivity index (χ0n) is 16.7. The van der Waals surface area contributed by atoms with Crippen molar-refractivity contribution in [3.63, 3.8) is 0 Å². The molecule has 150 valence electrons. The van der Waals surface area contributed by atoms with Gasteiger partial charge in [-0.05, 0) is 47.9 Å². The van der Waals surface area contributed by atoms with Crippen LogP contribution in [0.15, 0.2) is 48.5 Å². The summed E-state index contributed by atoms with van der Waals surface area (Å²) in [5.41, 5.74) is 5.51. The number of fused-ring (bicyclic) bond motifs is 2. The number of aryl methyl sites for hydroxylation is 2. The Balaban J connectivity index is 1.35. The Morgan fingerprint density at radius 1 is 1.03 bits per heavy atom. The van der Waals surface area contributed by atoms with Crippen LogP contribution < -0.4 is 10.6 Å². The summed E-state index contributed by atoms with van der Waals surface area (Å²) in [7, 11) is 0. The molecule has 1 aliphatic heterocycles. The first-order chi connectivity index (χ1) is 14.3. The highest BCUT2D eigenvalue weighted by Gasteiger charge is 2.28. The van der Waals surface area contributed by atoms with Crippen molar-refractivity contribution in [1.29, 1.82) is 5.26 Å². The standard InChI is InChI=1S/C24H28N4O/c25-16-20-8-5-15-28(20)23(29)17-26-13-14-27-24-21-9-3-1-6-18(21)11-12-19-7-2-4-10-22(19)24/h1-4,6-7,9-10,20,24,26-27H,5,8,11-15,17H2/t20-/m0/s1. The topological polar surface area (TPSA) is 68.2 Å². The molecule has 2 aliphatic rings. The first-order valence-corrected chi connectivity index (χ1v) is 10.6. The molecule has 1 saturated heterocycles. The second-order valence-corrected chi connectivity index (χ2v) is 7.84. The number of amides is 1. The van der Waals surface area contributed by atoms with Crippen LogP contribution in [0.25, 0.3) is 0 Å². The number of nitriles is 1. The van der Waals surface area contributed by atoms with E-state index in [-0.39, 0.29) is 24.5 Å². The average molecular weight is 389 g/mol. The summed E-state index contributed by atoms with van der Waals surface area (Å²) in [6, 6.07) is 19.5. The lowest BCUT2D eigenvalue weighted by Gasteiger charge is -2.23. The molecular formula is C24H28N4O. The lowest BCUT2D eigenvalue weighted by molar-refractivity contribution is -0.130. The minimum atomic E-state index is -0.249. The molecule has 0 aromatic heterocycles. The van der Waals surface area contributed by atoms with Crippen molar-refractivity contribution in [2.24, 2.45) is 0 Å². The van der Waals surface area contributed by atoms with E-state index in [1.54, 1.807) is 4.90 Å². The van der Waals surface area contributed by atoms with Crippen molar-refractivity contribution in [3.8, 4) is 6.07 Å². The van der Waals surface area contributed by atoms with Gasteiger partial charge in [0.15, 0.2) is 0 Å². The van der Waals surface area contributed by atoms with E-state index in [1.807, 2.05) is 0 Å². The van der Waals surface area contributed by atoms with Gasteiger partial charge in [-0.2, -0.15) is 5.26 Å². The van der Waals surface area contributed by atoms with Gasteiger partial charge in [-0.15, -0.1) is 0 Å². The van der Waals surface area contributed by atoms with E-state index in [0.717, 1.165) is 32.2 Å². The summed E-state index contributed by atoms with van der Waals surface area (Å²) in [5, 5.41) is 16.1. The van der Waals surface area contributed by atoms with E-state index in [1.165, 1.54) is 22.3 Å². The second kappa shape index (κ2) is 9.21. The van der Waals surface area contributed by atoms with Crippen LogP contribution in [0.5, 0.6) is 0 Å². The van der Waals surface area contributed by atoms with Gasteiger partial charge in [-0.25, -0.2) is 0 Å². The second-order valence-electron chi connectivity index (χ2n) is 7.84. The number of benzene rings is 2. The highest BCUT2D eigenvalue weighted by molar-refractivity contribution is 5.79. The Bertz CT molecular complexity index is 856. The van der Waals surface area contributed by atoms with Crippen molar-refractivity contribution in [2.75, 3.05) is 26.2 Å². The molecule has 29 heavy (non-hydrogen) atoms. The molecule has 2 aromatic carbocycles. The molecule has 0 spiro atoms. The van der Waals surface area contributed by atoms with Crippen LogP contribution >= 0.6 is 0 Å². The molecular weight excluding hydrogens is 360 g/mol. The Labute approximate surface area is 172 Å². The monoisotopic (exact) mass is 388 g/mol. The summed E-state index contributed by atoms with van der Waals surface area (Å²) in [5.74, 6) is 0.0270. The van der Waals surface area contributed by atoms with Crippen LogP contribution in [-0.4, -0.2) is 43.0 Å². The normalized spacial score (nSPS) is 18.6. The van der Waals surface area contributed by atoms with Crippen LogP contribution in [0.2, 0.25) is 0 Å². The molecule has 0 saturated carbocycles. The molecule has 1 aliphatic carbocycles. The number of rotatable bonds is 6. The quantitative estimate of drug-likeness (QED) is 0.747. The van der Waals surface area contributed by atoms with E-state index in [9.17, 15) is 4.79 Å². The third-order valence-electron chi connectivity index (χ3n) is 6.04. The molecule has 0 unspecified atom stereocenters. The number of likely N-dealkylation sites (tertiary alicyclic amines) is 1. The van der Waals surface area contributed by atoms with Gasteiger partial charge in [-0.1, -0.05) is 48.5 Å². The fourth-order valence-electron chi connectivity index (χ4n) is 4.54. The first kappa shape index (κ1) is 19.6. The van der Waals surface area contributed by atoms with E-state index in [4.69, 9.17) is 5.26 Å². The molecule has 0 radical (unpaired) electrons. The van der Waals surface area contributed by atoms with Gasteiger partial charge in [0, 0.05) is 19.6 Å². The Kier molecular flexibility index (Phi) is 6.24. The molecule has 1 amide bonds. The smallest absolute Gasteiger partial charge is 0.237 e. The van der Waals surface area contributed by atoms with Crippen LogP contribution in [0.4, 0.5) is 0 Å². The number of carbonyl (C=O) groups excluding carboxylic acids is 1. The van der Waals surface area contributed by atoms with Crippen LogP contribution in [-0.2, 0) is 17.6 Å². The number of carbonyl (C=O) groups is 1. The fraction of sp³-hybridized carbons (Fsp3) is 0.417. The maximum Gasteiger partial charge on any atom is 0.237 e. The van der Waals surface area contributed by atoms with Gasteiger partial charge in [0.2, 0.25) is 5.91 Å². The zero-order valence-corrected chi connectivity index (χ0v) is 16.7. The number of hydrogen-bond acceptors (Lipinski definition) is 4. The molecule has 2 N–H and O–H groups in total. The van der Waals surface area contributed by atoms with Crippen molar-refractivity contribution in [2.45, 2.75) is 37.8 Å². The summed E-state index contributed by atoms with van der Waals surface area (Å²) < 4.78 is 0. The summed E-state index contributed by atoms with van der Waals surface area (Å²) >= 11 is 0. The van der Waals surface area contributed by atoms with Crippen molar-refractivity contribution < 1.29 is 4.79 Å². The van der Waals surface area contributed by atoms with Gasteiger partial charge in [0.05, 0.1) is 18.7 Å². The largest absolute Gasteiger partial charge is 0.326 e.